The normalized spacial score (nSPS) is 12.3. The Labute approximate surface area is 97.5 Å². The number of hydrogen-bond acceptors (Lipinski definition) is 2. The molecule has 4 heteroatoms. The molecular weight excluding hydrogens is 223 g/mol. The fourth-order valence-electron chi connectivity index (χ4n) is 1.74. The second kappa shape index (κ2) is 4.82. The van der Waals surface area contributed by atoms with Gasteiger partial charge in [0.2, 0.25) is 0 Å². The Morgan fingerprint density at radius 1 is 1.29 bits per heavy atom. The molecule has 0 aliphatic rings. The third kappa shape index (κ3) is 2.72. The minimum atomic E-state index is -0.921. The minimum absolute atomic E-state index is 0.0842. The quantitative estimate of drug-likeness (QED) is 0.884. The smallest absolute Gasteiger partial charge is 0.304 e. The predicted molar refractivity (Wildman–Crippen MR) is 59.2 cm³/mol. The van der Waals surface area contributed by atoms with Crippen LogP contribution < -0.4 is 0 Å². The van der Waals surface area contributed by atoms with Gasteiger partial charge in [-0.25, -0.2) is 4.39 Å². The summed E-state index contributed by atoms with van der Waals surface area (Å²) in [6.45, 7) is 0. The number of carboxylic acids is 1. The number of furan rings is 1. The molecule has 88 valence electrons. The van der Waals surface area contributed by atoms with Gasteiger partial charge in [0.1, 0.15) is 11.6 Å². The van der Waals surface area contributed by atoms with Gasteiger partial charge in [-0.05, 0) is 29.8 Å². The van der Waals surface area contributed by atoms with Crippen LogP contribution in [0, 0.1) is 5.82 Å². The summed E-state index contributed by atoms with van der Waals surface area (Å²) >= 11 is 0. The summed E-state index contributed by atoms with van der Waals surface area (Å²) in [4.78, 5) is 10.8. The Morgan fingerprint density at radius 2 is 2.00 bits per heavy atom. The van der Waals surface area contributed by atoms with Crippen molar-refractivity contribution in [2.45, 2.75) is 12.3 Å². The van der Waals surface area contributed by atoms with Crippen LogP contribution in [0.3, 0.4) is 0 Å². The summed E-state index contributed by atoms with van der Waals surface area (Å²) in [6.07, 6.45) is 1.41. The van der Waals surface area contributed by atoms with Gasteiger partial charge in [-0.3, -0.25) is 4.79 Å². The second-order valence-electron chi connectivity index (χ2n) is 3.72. The molecule has 0 bridgehead atoms. The van der Waals surface area contributed by atoms with Gasteiger partial charge in [-0.1, -0.05) is 12.1 Å². The predicted octanol–water partition coefficient (Wildman–Crippen LogP) is 3.03. The average Bonchev–Trinajstić information content (AvgIpc) is 2.80. The molecule has 1 aromatic carbocycles. The molecule has 0 fully saturated rings. The zero-order valence-electron chi connectivity index (χ0n) is 8.97. The summed E-state index contributed by atoms with van der Waals surface area (Å²) in [5.41, 5.74) is 0.726. The molecule has 0 spiro atoms. The SMILES string of the molecule is O=C(O)CC(c1ccc(F)cc1)c1ccco1. The first-order chi connectivity index (χ1) is 8.16. The number of halogens is 1. The molecule has 2 rings (SSSR count). The van der Waals surface area contributed by atoms with Gasteiger partial charge in [-0.2, -0.15) is 0 Å². The van der Waals surface area contributed by atoms with Crippen LogP contribution in [0.5, 0.6) is 0 Å². The van der Waals surface area contributed by atoms with Gasteiger partial charge in [0, 0.05) is 0 Å². The molecule has 3 nitrogen and oxygen atoms in total. The highest BCUT2D eigenvalue weighted by Crippen LogP contribution is 2.28. The van der Waals surface area contributed by atoms with Crippen molar-refractivity contribution in [3.05, 3.63) is 59.8 Å². The maximum absolute atomic E-state index is 12.8. The van der Waals surface area contributed by atoms with Crippen LogP contribution in [0.1, 0.15) is 23.7 Å². The molecule has 0 saturated carbocycles. The van der Waals surface area contributed by atoms with Crippen molar-refractivity contribution < 1.29 is 18.7 Å². The summed E-state index contributed by atoms with van der Waals surface area (Å²) in [6, 6.07) is 9.20. The van der Waals surface area contributed by atoms with Crippen molar-refractivity contribution in [3.63, 3.8) is 0 Å². The van der Waals surface area contributed by atoms with Crippen molar-refractivity contribution >= 4 is 5.97 Å². The van der Waals surface area contributed by atoms with Crippen molar-refractivity contribution in [3.8, 4) is 0 Å². The van der Waals surface area contributed by atoms with Crippen LogP contribution in [0.15, 0.2) is 47.1 Å². The van der Waals surface area contributed by atoms with Gasteiger partial charge in [0.25, 0.3) is 0 Å². The molecule has 17 heavy (non-hydrogen) atoms. The third-order valence-corrected chi connectivity index (χ3v) is 2.54. The number of aliphatic carboxylic acids is 1. The molecule has 0 saturated heterocycles. The fraction of sp³-hybridized carbons (Fsp3) is 0.154. The molecule has 2 aromatic rings. The first-order valence-electron chi connectivity index (χ1n) is 5.17. The minimum Gasteiger partial charge on any atom is -0.481 e. The maximum Gasteiger partial charge on any atom is 0.304 e. The monoisotopic (exact) mass is 234 g/mol. The number of hydrogen-bond donors (Lipinski definition) is 1. The highest BCUT2D eigenvalue weighted by atomic mass is 19.1. The van der Waals surface area contributed by atoms with E-state index in [2.05, 4.69) is 0 Å². The second-order valence-corrected chi connectivity index (χ2v) is 3.72. The van der Waals surface area contributed by atoms with Gasteiger partial charge >= 0.3 is 5.97 Å². The van der Waals surface area contributed by atoms with E-state index in [0.29, 0.717) is 5.76 Å². The molecule has 1 N–H and O–H groups in total. The Balaban J connectivity index is 2.33. The first kappa shape index (κ1) is 11.4. The van der Waals surface area contributed by atoms with Crippen LogP contribution >= 0.6 is 0 Å². The van der Waals surface area contributed by atoms with Crippen LogP contribution in [0.25, 0.3) is 0 Å². The lowest BCUT2D eigenvalue weighted by molar-refractivity contribution is -0.137. The number of benzene rings is 1. The lowest BCUT2D eigenvalue weighted by Crippen LogP contribution is -2.07. The van der Waals surface area contributed by atoms with Gasteiger partial charge in [0.15, 0.2) is 0 Å². The van der Waals surface area contributed by atoms with E-state index >= 15 is 0 Å². The van der Waals surface area contributed by atoms with E-state index in [-0.39, 0.29) is 18.2 Å². The molecule has 0 radical (unpaired) electrons. The molecule has 0 amide bonds. The van der Waals surface area contributed by atoms with E-state index in [4.69, 9.17) is 9.52 Å². The highest BCUT2D eigenvalue weighted by molar-refractivity contribution is 5.68. The first-order valence-corrected chi connectivity index (χ1v) is 5.17. The molecule has 0 aliphatic carbocycles. The van der Waals surface area contributed by atoms with Crippen molar-refractivity contribution in [1.82, 2.24) is 0 Å². The third-order valence-electron chi connectivity index (χ3n) is 2.54. The number of rotatable bonds is 4. The van der Waals surface area contributed by atoms with Crippen LogP contribution in [-0.2, 0) is 4.79 Å². The summed E-state index contributed by atoms with van der Waals surface area (Å²) < 4.78 is 18.0. The van der Waals surface area contributed by atoms with Crippen molar-refractivity contribution in [2.75, 3.05) is 0 Å². The van der Waals surface area contributed by atoms with E-state index < -0.39 is 5.97 Å². The Hall–Kier alpha value is -2.10. The number of carbonyl (C=O) groups is 1. The van der Waals surface area contributed by atoms with Gasteiger partial charge < -0.3 is 9.52 Å². The van der Waals surface area contributed by atoms with E-state index in [0.717, 1.165) is 5.56 Å². The zero-order valence-corrected chi connectivity index (χ0v) is 8.97. The maximum atomic E-state index is 12.8. The standard InChI is InChI=1S/C13H11FO3/c14-10-5-3-9(4-6-10)11(8-13(15)16)12-2-1-7-17-12/h1-7,11H,8H2,(H,15,16). The largest absolute Gasteiger partial charge is 0.481 e. The van der Waals surface area contributed by atoms with Crippen LogP contribution in [0.4, 0.5) is 4.39 Å². The summed E-state index contributed by atoms with van der Waals surface area (Å²) in [7, 11) is 0. The zero-order chi connectivity index (χ0) is 12.3. The molecule has 0 aliphatic heterocycles. The summed E-state index contributed by atoms with van der Waals surface area (Å²) in [5.74, 6) is -1.08. The van der Waals surface area contributed by atoms with E-state index in [1.165, 1.54) is 18.4 Å². The van der Waals surface area contributed by atoms with Crippen LogP contribution in [-0.4, -0.2) is 11.1 Å². The highest BCUT2D eigenvalue weighted by Gasteiger charge is 2.20. The number of carboxylic acid groups (broad SMARTS) is 1. The van der Waals surface area contributed by atoms with Crippen LogP contribution in [0.2, 0.25) is 0 Å². The molecule has 1 aromatic heterocycles. The lowest BCUT2D eigenvalue weighted by Gasteiger charge is -2.12. The summed E-state index contributed by atoms with van der Waals surface area (Å²) in [5, 5.41) is 8.88. The fourth-order valence-corrected chi connectivity index (χ4v) is 1.74. The van der Waals surface area contributed by atoms with Gasteiger partial charge in [0.05, 0.1) is 18.6 Å². The van der Waals surface area contributed by atoms with E-state index in [9.17, 15) is 9.18 Å². The average molecular weight is 234 g/mol. The topological polar surface area (TPSA) is 50.4 Å². The van der Waals surface area contributed by atoms with Crippen molar-refractivity contribution in [2.24, 2.45) is 0 Å². The molecule has 1 atom stereocenters. The molecule has 1 unspecified atom stereocenters. The molecule has 1 heterocycles. The lowest BCUT2D eigenvalue weighted by atomic mass is 9.93. The Kier molecular flexibility index (Phi) is 3.23. The van der Waals surface area contributed by atoms with Gasteiger partial charge in [-0.15, -0.1) is 0 Å². The van der Waals surface area contributed by atoms with Crippen molar-refractivity contribution in [1.29, 1.82) is 0 Å². The van der Waals surface area contributed by atoms with E-state index in [1.807, 2.05) is 0 Å². The molecular formula is C13H11FO3. The Bertz CT molecular complexity index is 488. The van der Waals surface area contributed by atoms with E-state index in [1.54, 1.807) is 24.3 Å². The Morgan fingerprint density at radius 3 is 2.53 bits per heavy atom.